The van der Waals surface area contributed by atoms with E-state index in [4.69, 9.17) is 5.26 Å². The van der Waals surface area contributed by atoms with Crippen molar-refractivity contribution in [1.82, 2.24) is 9.78 Å². The summed E-state index contributed by atoms with van der Waals surface area (Å²) >= 11 is 0. The molecule has 1 aromatic carbocycles. The Balaban J connectivity index is 2.15. The number of rotatable bonds is 6. The third-order valence-corrected chi connectivity index (χ3v) is 4.27. The van der Waals surface area contributed by atoms with Crippen molar-refractivity contribution in [3.8, 4) is 11.8 Å². The molecule has 0 bridgehead atoms. The Kier molecular flexibility index (Phi) is 4.60. The van der Waals surface area contributed by atoms with Crippen molar-refractivity contribution < 1.29 is 8.42 Å². The smallest absolute Gasteiger partial charge is 0.232 e. The van der Waals surface area contributed by atoms with Crippen LogP contribution in [-0.4, -0.2) is 24.0 Å². The molecule has 0 aliphatic heterocycles. The normalized spacial score (nSPS) is 11.0. The molecule has 6 nitrogen and oxygen atoms in total. The van der Waals surface area contributed by atoms with Crippen LogP contribution in [0.3, 0.4) is 0 Å². The van der Waals surface area contributed by atoms with Gasteiger partial charge in [-0.2, -0.15) is 10.4 Å². The van der Waals surface area contributed by atoms with Crippen LogP contribution in [0.15, 0.2) is 36.5 Å². The standard InChI is InChI=1S/C14H16N4O2S/c1-12-7-9-16-18(12)14-6-4-5-13(11-14)17-21(19,20)10-3-2-8-15/h4-7,9,11,17H,2-3,10H2,1H3. The second kappa shape index (κ2) is 6.41. The monoisotopic (exact) mass is 304 g/mol. The first-order valence-corrected chi connectivity index (χ1v) is 8.15. The van der Waals surface area contributed by atoms with Crippen molar-refractivity contribution >= 4 is 15.7 Å². The lowest BCUT2D eigenvalue weighted by molar-refractivity contribution is 0.599. The molecule has 7 heteroatoms. The molecule has 0 unspecified atom stereocenters. The van der Waals surface area contributed by atoms with Crippen LogP contribution >= 0.6 is 0 Å². The van der Waals surface area contributed by atoms with Crippen molar-refractivity contribution in [2.45, 2.75) is 19.8 Å². The van der Waals surface area contributed by atoms with Gasteiger partial charge in [-0.3, -0.25) is 4.72 Å². The fourth-order valence-electron chi connectivity index (χ4n) is 1.91. The lowest BCUT2D eigenvalue weighted by Gasteiger charge is -2.10. The average molecular weight is 304 g/mol. The van der Waals surface area contributed by atoms with E-state index in [1.165, 1.54) is 0 Å². The van der Waals surface area contributed by atoms with Crippen LogP contribution in [-0.2, 0) is 10.0 Å². The zero-order valence-corrected chi connectivity index (χ0v) is 12.5. The van der Waals surface area contributed by atoms with Crippen molar-refractivity contribution in [3.63, 3.8) is 0 Å². The van der Waals surface area contributed by atoms with Gasteiger partial charge < -0.3 is 0 Å². The van der Waals surface area contributed by atoms with E-state index in [0.717, 1.165) is 11.4 Å². The number of benzene rings is 1. The number of hydrogen-bond donors (Lipinski definition) is 1. The predicted molar refractivity (Wildman–Crippen MR) is 80.6 cm³/mol. The van der Waals surface area contributed by atoms with Gasteiger partial charge in [-0.1, -0.05) is 6.07 Å². The first-order valence-electron chi connectivity index (χ1n) is 6.50. The van der Waals surface area contributed by atoms with Crippen LogP contribution < -0.4 is 4.72 Å². The molecule has 110 valence electrons. The number of aryl methyl sites for hydroxylation is 1. The van der Waals surface area contributed by atoms with Gasteiger partial charge in [0.1, 0.15) is 0 Å². The Labute approximate surface area is 124 Å². The molecule has 21 heavy (non-hydrogen) atoms. The van der Waals surface area contributed by atoms with Crippen LogP contribution in [0.2, 0.25) is 0 Å². The van der Waals surface area contributed by atoms with Gasteiger partial charge in [0.05, 0.1) is 23.2 Å². The van der Waals surface area contributed by atoms with Gasteiger partial charge in [0.15, 0.2) is 0 Å². The molecule has 1 heterocycles. The molecule has 0 aliphatic carbocycles. The summed E-state index contributed by atoms with van der Waals surface area (Å²) in [6, 6.07) is 10.8. The lowest BCUT2D eigenvalue weighted by Crippen LogP contribution is -2.16. The number of hydrogen-bond acceptors (Lipinski definition) is 4. The minimum absolute atomic E-state index is 0.0639. The van der Waals surface area contributed by atoms with Crippen LogP contribution in [0.25, 0.3) is 5.69 Å². The van der Waals surface area contributed by atoms with E-state index in [0.29, 0.717) is 12.1 Å². The summed E-state index contributed by atoms with van der Waals surface area (Å²) < 4.78 is 28.0. The second-order valence-electron chi connectivity index (χ2n) is 4.62. The van der Waals surface area contributed by atoms with Gasteiger partial charge in [-0.25, -0.2) is 13.1 Å². The first kappa shape index (κ1) is 15.1. The topological polar surface area (TPSA) is 87.8 Å². The highest BCUT2D eigenvalue weighted by Crippen LogP contribution is 2.17. The van der Waals surface area contributed by atoms with Gasteiger partial charge in [0, 0.05) is 18.3 Å². The van der Waals surface area contributed by atoms with Gasteiger partial charge >= 0.3 is 0 Å². The van der Waals surface area contributed by atoms with Gasteiger partial charge in [-0.05, 0) is 37.6 Å². The molecule has 0 spiro atoms. The quantitative estimate of drug-likeness (QED) is 0.829. The third-order valence-electron chi connectivity index (χ3n) is 2.90. The highest BCUT2D eigenvalue weighted by atomic mass is 32.2. The maximum atomic E-state index is 11.9. The molecule has 0 fully saturated rings. The number of aromatic nitrogens is 2. The molecule has 0 aliphatic rings. The number of nitrogens with zero attached hydrogens (tertiary/aromatic N) is 3. The Morgan fingerprint density at radius 2 is 2.19 bits per heavy atom. The van der Waals surface area contributed by atoms with Crippen molar-refractivity contribution in [2.75, 3.05) is 10.5 Å². The first-order chi connectivity index (χ1) is 10.0. The predicted octanol–water partition coefficient (Wildman–Crippen LogP) is 2.23. The summed E-state index contributed by atoms with van der Waals surface area (Å²) in [6.45, 7) is 1.92. The van der Waals surface area contributed by atoms with Crippen molar-refractivity contribution in [2.24, 2.45) is 0 Å². The maximum Gasteiger partial charge on any atom is 0.232 e. The SMILES string of the molecule is Cc1ccnn1-c1cccc(NS(=O)(=O)CCCC#N)c1. The van der Waals surface area contributed by atoms with Crippen molar-refractivity contribution in [3.05, 3.63) is 42.2 Å². The number of anilines is 1. The fourth-order valence-corrected chi connectivity index (χ4v) is 3.03. The van der Waals surface area contributed by atoms with E-state index in [1.54, 1.807) is 29.1 Å². The summed E-state index contributed by atoms with van der Waals surface area (Å²) in [5.74, 6) is -0.0639. The number of nitrogens with one attached hydrogen (secondary N) is 1. The molecule has 0 saturated carbocycles. The molecule has 2 rings (SSSR count). The molecule has 2 aromatic rings. The molecular weight excluding hydrogens is 288 g/mol. The van der Waals surface area contributed by atoms with Crippen LogP contribution in [0.5, 0.6) is 0 Å². The maximum absolute atomic E-state index is 11.9. The third kappa shape index (κ3) is 4.07. The lowest BCUT2D eigenvalue weighted by atomic mass is 10.3. The van der Waals surface area contributed by atoms with E-state index in [1.807, 2.05) is 25.1 Å². The van der Waals surface area contributed by atoms with Gasteiger partial charge in [0.25, 0.3) is 0 Å². The Morgan fingerprint density at radius 3 is 2.86 bits per heavy atom. The summed E-state index contributed by atoms with van der Waals surface area (Å²) in [5, 5.41) is 12.6. The molecule has 1 aromatic heterocycles. The zero-order valence-electron chi connectivity index (χ0n) is 11.7. The Morgan fingerprint density at radius 1 is 1.38 bits per heavy atom. The molecular formula is C14H16N4O2S. The Hall–Kier alpha value is -2.33. The van der Waals surface area contributed by atoms with Crippen LogP contribution in [0.1, 0.15) is 18.5 Å². The summed E-state index contributed by atoms with van der Waals surface area (Å²) in [4.78, 5) is 0. The molecule has 0 saturated heterocycles. The summed E-state index contributed by atoms with van der Waals surface area (Å²) in [7, 11) is -3.43. The zero-order chi connectivity index (χ0) is 15.3. The van der Waals surface area contributed by atoms with Crippen LogP contribution in [0.4, 0.5) is 5.69 Å². The van der Waals surface area contributed by atoms with E-state index < -0.39 is 10.0 Å². The fraction of sp³-hybridized carbons (Fsp3) is 0.286. The van der Waals surface area contributed by atoms with Gasteiger partial charge in [-0.15, -0.1) is 0 Å². The minimum atomic E-state index is -3.43. The molecule has 0 atom stereocenters. The average Bonchev–Trinajstić information content (AvgIpc) is 2.85. The van der Waals surface area contributed by atoms with E-state index in [9.17, 15) is 8.42 Å². The molecule has 0 amide bonds. The summed E-state index contributed by atoms with van der Waals surface area (Å²) in [6.07, 6.45) is 2.24. The molecule has 0 radical (unpaired) electrons. The Bertz CT molecular complexity index is 759. The number of sulfonamides is 1. The number of unbranched alkanes of at least 4 members (excludes halogenated alkanes) is 1. The van der Waals surface area contributed by atoms with E-state index >= 15 is 0 Å². The highest BCUT2D eigenvalue weighted by Gasteiger charge is 2.11. The largest absolute Gasteiger partial charge is 0.283 e. The number of nitriles is 1. The van der Waals surface area contributed by atoms with Crippen molar-refractivity contribution in [1.29, 1.82) is 5.26 Å². The summed E-state index contributed by atoms with van der Waals surface area (Å²) in [5.41, 5.74) is 2.23. The van der Waals surface area contributed by atoms with Gasteiger partial charge in [0.2, 0.25) is 10.0 Å². The minimum Gasteiger partial charge on any atom is -0.283 e. The van der Waals surface area contributed by atoms with Crippen LogP contribution in [0, 0.1) is 18.3 Å². The highest BCUT2D eigenvalue weighted by molar-refractivity contribution is 7.92. The second-order valence-corrected chi connectivity index (χ2v) is 6.46. The van der Waals surface area contributed by atoms with E-state index in [2.05, 4.69) is 9.82 Å². The van der Waals surface area contributed by atoms with E-state index in [-0.39, 0.29) is 12.2 Å². The molecule has 1 N–H and O–H groups in total.